The van der Waals surface area contributed by atoms with E-state index in [1.54, 1.807) is 0 Å². The second kappa shape index (κ2) is 9.99. The lowest BCUT2D eigenvalue weighted by molar-refractivity contribution is 0.146. The Labute approximate surface area is 208 Å². The molecule has 2 aliphatic heterocycles. The van der Waals surface area contributed by atoms with E-state index in [9.17, 15) is 8.78 Å². The third kappa shape index (κ3) is 5.21. The number of pyridine rings is 2. The lowest BCUT2D eigenvalue weighted by atomic mass is 9.92. The van der Waals surface area contributed by atoms with Crippen LogP contribution in [0.1, 0.15) is 31.5 Å². The molecule has 0 saturated carbocycles. The van der Waals surface area contributed by atoms with Gasteiger partial charge in [-0.3, -0.25) is 9.98 Å². The summed E-state index contributed by atoms with van der Waals surface area (Å²) in [6, 6.07) is 7.78. The molecule has 1 saturated heterocycles. The fourth-order valence-corrected chi connectivity index (χ4v) is 5.32. The molecule has 1 fully saturated rings. The summed E-state index contributed by atoms with van der Waals surface area (Å²) in [5.41, 5.74) is 4.35. The number of nitrogens with one attached hydrogen (secondary N) is 1. The van der Waals surface area contributed by atoms with Gasteiger partial charge in [-0.2, -0.15) is 0 Å². The number of hydrogen-bond donors (Lipinski definition) is 1. The summed E-state index contributed by atoms with van der Waals surface area (Å²) in [4.78, 5) is 16.3. The third-order valence-corrected chi connectivity index (χ3v) is 6.87. The molecule has 2 aliphatic rings. The molecule has 3 aromatic rings. The smallest absolute Gasteiger partial charge is 0.144 e. The second-order valence-corrected chi connectivity index (χ2v) is 10.1. The van der Waals surface area contributed by atoms with Crippen molar-refractivity contribution >= 4 is 39.6 Å². The highest BCUT2D eigenvalue weighted by Crippen LogP contribution is 2.29. The van der Waals surface area contributed by atoms with Gasteiger partial charge in [0, 0.05) is 43.4 Å². The van der Waals surface area contributed by atoms with Gasteiger partial charge in [-0.25, -0.2) is 13.8 Å². The lowest BCUT2D eigenvalue weighted by Gasteiger charge is -2.35. The quantitative estimate of drug-likeness (QED) is 0.437. The first-order chi connectivity index (χ1) is 16.9. The molecule has 2 aromatic heterocycles. The molecular weight excluding hydrogens is 468 g/mol. The zero-order valence-corrected chi connectivity index (χ0v) is 20.6. The Morgan fingerprint density at radius 1 is 1.06 bits per heavy atom. The van der Waals surface area contributed by atoms with Crippen molar-refractivity contribution in [3.63, 3.8) is 0 Å². The van der Waals surface area contributed by atoms with Crippen molar-refractivity contribution in [3.05, 3.63) is 70.5 Å². The van der Waals surface area contributed by atoms with E-state index < -0.39 is 11.6 Å². The number of nitrogens with zero attached hydrogens (tertiary/aromatic N) is 4. The van der Waals surface area contributed by atoms with Gasteiger partial charge in [0.15, 0.2) is 0 Å². The molecule has 1 aromatic carbocycles. The molecule has 0 radical (unpaired) electrons. The number of hydrogen-bond acceptors (Lipinski definition) is 5. The number of benzene rings is 1. The van der Waals surface area contributed by atoms with E-state index in [2.05, 4.69) is 34.0 Å². The van der Waals surface area contributed by atoms with Crippen LogP contribution in [0.5, 0.6) is 0 Å². The maximum atomic E-state index is 14.5. The molecule has 0 bridgehead atoms. The molecule has 0 unspecified atom stereocenters. The van der Waals surface area contributed by atoms with Gasteiger partial charge in [-0.1, -0.05) is 31.5 Å². The van der Waals surface area contributed by atoms with Gasteiger partial charge in [-0.05, 0) is 42.5 Å². The predicted octanol–water partition coefficient (Wildman–Crippen LogP) is 5.84. The Morgan fingerprint density at radius 2 is 1.86 bits per heavy atom. The molecule has 5 nitrogen and oxygen atoms in total. The van der Waals surface area contributed by atoms with Crippen LogP contribution in [0.15, 0.2) is 47.6 Å². The standard InChI is InChI=1S/C27H28ClF2N5/c1-16-9-17(2)15-35(14-16)8-7-31-18-10-26-25(33-13-18)4-3-24(34-26)19-5-6-32-27(19)20-11-21(28)23(30)12-22(20)29/h3-5,10-13,16-17,31H,6-9,14-15H2,1-2H3/t16-,17+. The molecule has 182 valence electrons. The van der Waals surface area contributed by atoms with E-state index in [4.69, 9.17) is 16.6 Å². The molecule has 1 N–H and O–H groups in total. The Morgan fingerprint density at radius 3 is 2.66 bits per heavy atom. The number of allylic oxidation sites excluding steroid dienone is 1. The van der Waals surface area contributed by atoms with Crippen LogP contribution in [0.25, 0.3) is 16.6 Å². The topological polar surface area (TPSA) is 53.4 Å². The Kier molecular flexibility index (Phi) is 6.80. The molecule has 35 heavy (non-hydrogen) atoms. The average Bonchev–Trinajstić information content (AvgIpc) is 3.30. The maximum absolute atomic E-state index is 14.5. The van der Waals surface area contributed by atoms with E-state index in [0.717, 1.165) is 60.8 Å². The third-order valence-electron chi connectivity index (χ3n) is 6.58. The minimum absolute atomic E-state index is 0.143. The number of piperidine rings is 1. The van der Waals surface area contributed by atoms with E-state index in [-0.39, 0.29) is 10.6 Å². The highest BCUT2D eigenvalue weighted by Gasteiger charge is 2.23. The zero-order chi connectivity index (χ0) is 24.5. The van der Waals surface area contributed by atoms with Crippen molar-refractivity contribution in [2.45, 2.75) is 20.3 Å². The Bertz CT molecular complexity index is 1310. The van der Waals surface area contributed by atoms with Crippen LogP contribution >= 0.6 is 11.6 Å². The lowest BCUT2D eigenvalue weighted by Crippen LogP contribution is -2.41. The zero-order valence-electron chi connectivity index (χ0n) is 19.9. The van der Waals surface area contributed by atoms with Crippen LogP contribution in [-0.2, 0) is 0 Å². The van der Waals surface area contributed by atoms with Gasteiger partial charge >= 0.3 is 0 Å². The minimum Gasteiger partial charge on any atom is -0.382 e. The van der Waals surface area contributed by atoms with Crippen molar-refractivity contribution < 1.29 is 8.78 Å². The van der Waals surface area contributed by atoms with E-state index >= 15 is 0 Å². The van der Waals surface area contributed by atoms with E-state index in [0.29, 0.717) is 23.5 Å². The number of anilines is 1. The molecule has 5 rings (SSSR count). The first-order valence-corrected chi connectivity index (χ1v) is 12.4. The van der Waals surface area contributed by atoms with Crippen LogP contribution in [0.2, 0.25) is 5.02 Å². The Balaban J connectivity index is 1.33. The van der Waals surface area contributed by atoms with Crippen LogP contribution in [0, 0.1) is 23.5 Å². The van der Waals surface area contributed by atoms with Crippen LogP contribution < -0.4 is 5.32 Å². The van der Waals surface area contributed by atoms with Crippen molar-refractivity contribution in [2.75, 3.05) is 38.0 Å². The number of aromatic nitrogens is 2. The van der Waals surface area contributed by atoms with E-state index in [1.165, 1.54) is 12.5 Å². The molecule has 8 heteroatoms. The fraction of sp³-hybridized carbons (Fsp3) is 0.370. The number of aliphatic imine (C=N–C) groups is 1. The summed E-state index contributed by atoms with van der Waals surface area (Å²) >= 11 is 5.91. The van der Waals surface area contributed by atoms with Crippen molar-refractivity contribution in [1.82, 2.24) is 14.9 Å². The predicted molar refractivity (Wildman–Crippen MR) is 138 cm³/mol. The van der Waals surface area contributed by atoms with Gasteiger partial charge in [0.1, 0.15) is 11.6 Å². The van der Waals surface area contributed by atoms with Crippen molar-refractivity contribution in [1.29, 1.82) is 0 Å². The molecule has 2 atom stereocenters. The average molecular weight is 496 g/mol. The number of halogens is 3. The molecule has 0 aliphatic carbocycles. The fourth-order valence-electron chi connectivity index (χ4n) is 5.16. The van der Waals surface area contributed by atoms with Gasteiger partial charge in [0.2, 0.25) is 0 Å². The van der Waals surface area contributed by atoms with Gasteiger partial charge in [0.05, 0.1) is 45.9 Å². The van der Waals surface area contributed by atoms with Gasteiger partial charge < -0.3 is 10.2 Å². The monoisotopic (exact) mass is 495 g/mol. The van der Waals surface area contributed by atoms with Gasteiger partial charge in [-0.15, -0.1) is 0 Å². The number of fused-ring (bicyclic) bond motifs is 1. The number of rotatable bonds is 6. The highest BCUT2D eigenvalue weighted by atomic mass is 35.5. The minimum atomic E-state index is -0.795. The second-order valence-electron chi connectivity index (χ2n) is 9.64. The molecule has 4 heterocycles. The number of likely N-dealkylation sites (tertiary alicyclic amines) is 1. The summed E-state index contributed by atoms with van der Waals surface area (Å²) in [5, 5.41) is 3.33. The largest absolute Gasteiger partial charge is 0.382 e. The molecule has 0 spiro atoms. The highest BCUT2D eigenvalue weighted by molar-refractivity contribution is 6.35. The molecular formula is C27H28ClF2N5. The summed E-state index contributed by atoms with van der Waals surface area (Å²) in [6.07, 6.45) is 5.01. The SMILES string of the molecule is C[C@@H]1C[C@H](C)CN(CCNc2cnc3ccc(C4=CCN=C4c4cc(Cl)c(F)cc4F)nc3c2)C1. The Hall–Kier alpha value is -2.90. The normalized spacial score (nSPS) is 20.7. The van der Waals surface area contributed by atoms with Crippen LogP contribution in [-0.4, -0.2) is 53.3 Å². The summed E-state index contributed by atoms with van der Waals surface area (Å²) in [5.74, 6) is -0.0240. The van der Waals surface area contributed by atoms with Crippen LogP contribution in [0.4, 0.5) is 14.5 Å². The first kappa shape index (κ1) is 23.8. The maximum Gasteiger partial charge on any atom is 0.144 e. The summed E-state index contributed by atoms with van der Waals surface area (Å²) < 4.78 is 28.2. The molecule has 0 amide bonds. The van der Waals surface area contributed by atoms with Crippen LogP contribution in [0.3, 0.4) is 0 Å². The van der Waals surface area contributed by atoms with Crippen molar-refractivity contribution in [3.8, 4) is 0 Å². The van der Waals surface area contributed by atoms with Gasteiger partial charge in [0.25, 0.3) is 0 Å². The van der Waals surface area contributed by atoms with E-state index in [1.807, 2.05) is 30.5 Å². The summed E-state index contributed by atoms with van der Waals surface area (Å²) in [7, 11) is 0. The summed E-state index contributed by atoms with van der Waals surface area (Å²) in [6.45, 7) is 9.14. The van der Waals surface area contributed by atoms with Crippen molar-refractivity contribution in [2.24, 2.45) is 16.8 Å². The first-order valence-electron chi connectivity index (χ1n) is 12.0.